The van der Waals surface area contributed by atoms with Crippen molar-refractivity contribution >= 4 is 6.09 Å². The third-order valence-electron chi connectivity index (χ3n) is 3.36. The molecule has 4 nitrogen and oxygen atoms in total. The lowest BCUT2D eigenvalue weighted by atomic mass is 9.82. The van der Waals surface area contributed by atoms with Crippen molar-refractivity contribution in [3.63, 3.8) is 0 Å². The molecule has 1 aliphatic carbocycles. The number of aliphatic hydroxyl groups excluding tert-OH is 1. The topological polar surface area (TPSA) is 60.8 Å². The Balaban J connectivity index is 2.87. The number of hydrogen-bond acceptors (Lipinski definition) is 2. The molecular formula is C12H23NO3. The maximum atomic E-state index is 11.4. The first kappa shape index (κ1) is 13.3. The van der Waals surface area contributed by atoms with Gasteiger partial charge in [0.05, 0.1) is 0 Å². The fraction of sp³-hybridized carbons (Fsp3) is 0.917. The first-order valence-electron chi connectivity index (χ1n) is 6.01. The summed E-state index contributed by atoms with van der Waals surface area (Å²) in [6.07, 6.45) is 3.08. The minimum atomic E-state index is -0.877. The van der Waals surface area contributed by atoms with Gasteiger partial charge in [-0.25, -0.2) is 4.79 Å². The van der Waals surface area contributed by atoms with Gasteiger partial charge in [0, 0.05) is 24.1 Å². The Kier molecular flexibility index (Phi) is 4.19. The van der Waals surface area contributed by atoms with Gasteiger partial charge in [-0.1, -0.05) is 12.8 Å². The molecule has 0 unspecified atom stereocenters. The lowest BCUT2D eigenvalue weighted by molar-refractivity contribution is 0.0167. The quantitative estimate of drug-likeness (QED) is 0.764. The van der Waals surface area contributed by atoms with E-state index < -0.39 is 11.6 Å². The van der Waals surface area contributed by atoms with Gasteiger partial charge in [-0.05, 0) is 33.6 Å². The number of amides is 1. The van der Waals surface area contributed by atoms with Crippen LogP contribution in [0, 0.1) is 5.92 Å². The molecular weight excluding hydrogens is 206 g/mol. The average Bonchev–Trinajstić information content (AvgIpc) is 2.15. The maximum Gasteiger partial charge on any atom is 0.407 e. The molecule has 16 heavy (non-hydrogen) atoms. The smallest absolute Gasteiger partial charge is 0.407 e. The fourth-order valence-electron chi connectivity index (χ4n) is 2.67. The van der Waals surface area contributed by atoms with Crippen LogP contribution in [-0.4, -0.2) is 39.4 Å². The van der Waals surface area contributed by atoms with Gasteiger partial charge in [0.25, 0.3) is 0 Å². The van der Waals surface area contributed by atoms with Crippen molar-refractivity contribution in [2.75, 3.05) is 6.61 Å². The standard InChI is InChI=1S/C12H23NO3/c1-12(2,3)13(11(15)16)10-7-5-4-6-9(10)8-14/h9-10,14H,4-8H2,1-3H3,(H,15,16)/t9-,10+/m1/s1. The van der Waals surface area contributed by atoms with E-state index in [1.807, 2.05) is 20.8 Å². The number of nitrogens with zero attached hydrogens (tertiary/aromatic N) is 1. The zero-order valence-electron chi connectivity index (χ0n) is 10.4. The normalized spacial score (nSPS) is 26.5. The van der Waals surface area contributed by atoms with Crippen LogP contribution in [0.5, 0.6) is 0 Å². The van der Waals surface area contributed by atoms with Gasteiger partial charge in [0.1, 0.15) is 0 Å². The van der Waals surface area contributed by atoms with Crippen molar-refractivity contribution in [3.8, 4) is 0 Å². The molecule has 1 aliphatic rings. The zero-order valence-corrected chi connectivity index (χ0v) is 10.4. The molecule has 1 amide bonds. The van der Waals surface area contributed by atoms with Crippen LogP contribution in [0.1, 0.15) is 46.5 Å². The van der Waals surface area contributed by atoms with Gasteiger partial charge in [0.15, 0.2) is 0 Å². The summed E-state index contributed by atoms with van der Waals surface area (Å²) in [5.41, 5.74) is -0.402. The van der Waals surface area contributed by atoms with E-state index in [1.165, 1.54) is 4.90 Å². The van der Waals surface area contributed by atoms with E-state index in [-0.39, 0.29) is 18.6 Å². The largest absolute Gasteiger partial charge is 0.465 e. The molecule has 0 radical (unpaired) electrons. The van der Waals surface area contributed by atoms with Crippen molar-refractivity contribution in [1.82, 2.24) is 4.90 Å². The molecule has 94 valence electrons. The van der Waals surface area contributed by atoms with E-state index in [1.54, 1.807) is 0 Å². The number of hydrogen-bond donors (Lipinski definition) is 2. The summed E-state index contributed by atoms with van der Waals surface area (Å²) in [5, 5.41) is 18.7. The SMILES string of the molecule is CC(C)(C)N(C(=O)O)[C@H]1CCCC[C@@H]1CO. The zero-order chi connectivity index (χ0) is 12.3. The lowest BCUT2D eigenvalue weighted by Crippen LogP contribution is -2.55. The highest BCUT2D eigenvalue weighted by molar-refractivity contribution is 5.66. The van der Waals surface area contributed by atoms with E-state index in [4.69, 9.17) is 0 Å². The Hall–Kier alpha value is -0.770. The number of carboxylic acid groups (broad SMARTS) is 1. The second-order valence-corrected chi connectivity index (χ2v) is 5.62. The molecule has 0 bridgehead atoms. The van der Waals surface area contributed by atoms with Crippen LogP contribution in [0.4, 0.5) is 4.79 Å². The monoisotopic (exact) mass is 229 g/mol. The second-order valence-electron chi connectivity index (χ2n) is 5.62. The Morgan fingerprint density at radius 3 is 2.31 bits per heavy atom. The highest BCUT2D eigenvalue weighted by Crippen LogP contribution is 2.32. The first-order chi connectivity index (χ1) is 7.38. The summed E-state index contributed by atoms with van der Waals surface area (Å²) in [6, 6.07) is -0.0313. The predicted octanol–water partition coefficient (Wildman–Crippen LogP) is 2.32. The predicted molar refractivity (Wildman–Crippen MR) is 62.4 cm³/mol. The molecule has 0 spiro atoms. The number of rotatable bonds is 2. The minimum absolute atomic E-state index is 0.0313. The van der Waals surface area contributed by atoms with E-state index in [2.05, 4.69) is 0 Å². The molecule has 1 fully saturated rings. The summed E-state index contributed by atoms with van der Waals surface area (Å²) in [7, 11) is 0. The molecule has 0 aromatic carbocycles. The second kappa shape index (κ2) is 5.04. The highest BCUT2D eigenvalue weighted by atomic mass is 16.4. The van der Waals surface area contributed by atoms with Crippen LogP contribution >= 0.6 is 0 Å². The van der Waals surface area contributed by atoms with Crippen molar-refractivity contribution in [2.24, 2.45) is 5.92 Å². The Morgan fingerprint density at radius 1 is 1.31 bits per heavy atom. The van der Waals surface area contributed by atoms with E-state index in [0.717, 1.165) is 25.7 Å². The van der Waals surface area contributed by atoms with E-state index in [0.29, 0.717) is 0 Å². The van der Waals surface area contributed by atoms with Gasteiger partial charge in [0.2, 0.25) is 0 Å². The van der Waals surface area contributed by atoms with Crippen LogP contribution < -0.4 is 0 Å². The molecule has 4 heteroatoms. The van der Waals surface area contributed by atoms with Crippen molar-refractivity contribution in [3.05, 3.63) is 0 Å². The molecule has 0 aromatic heterocycles. The number of carbonyl (C=O) groups is 1. The van der Waals surface area contributed by atoms with Crippen LogP contribution in [0.15, 0.2) is 0 Å². The first-order valence-corrected chi connectivity index (χ1v) is 6.01. The summed E-state index contributed by atoms with van der Waals surface area (Å²) in [5.74, 6) is 0.101. The van der Waals surface area contributed by atoms with Gasteiger partial charge in [-0.3, -0.25) is 0 Å². The summed E-state index contributed by atoms with van der Waals surface area (Å²) >= 11 is 0. The van der Waals surface area contributed by atoms with Crippen molar-refractivity contribution in [2.45, 2.75) is 58.0 Å². The average molecular weight is 229 g/mol. The third kappa shape index (κ3) is 2.88. The van der Waals surface area contributed by atoms with Gasteiger partial charge in [-0.2, -0.15) is 0 Å². The molecule has 0 aliphatic heterocycles. The lowest BCUT2D eigenvalue weighted by Gasteiger charge is -2.44. The Morgan fingerprint density at radius 2 is 1.88 bits per heavy atom. The van der Waals surface area contributed by atoms with Gasteiger partial charge >= 0.3 is 6.09 Å². The van der Waals surface area contributed by atoms with Crippen LogP contribution in [-0.2, 0) is 0 Å². The van der Waals surface area contributed by atoms with E-state index >= 15 is 0 Å². The molecule has 1 saturated carbocycles. The van der Waals surface area contributed by atoms with Crippen LogP contribution in [0.2, 0.25) is 0 Å². The summed E-state index contributed by atoms with van der Waals surface area (Å²) in [6.45, 7) is 5.81. The molecule has 0 heterocycles. The van der Waals surface area contributed by atoms with Gasteiger partial charge in [-0.15, -0.1) is 0 Å². The molecule has 2 N–H and O–H groups in total. The Bertz CT molecular complexity index is 247. The molecule has 0 saturated heterocycles. The summed E-state index contributed by atoms with van der Waals surface area (Å²) < 4.78 is 0. The van der Waals surface area contributed by atoms with Crippen molar-refractivity contribution < 1.29 is 15.0 Å². The minimum Gasteiger partial charge on any atom is -0.465 e. The molecule has 2 atom stereocenters. The molecule has 0 aromatic rings. The highest BCUT2D eigenvalue weighted by Gasteiger charge is 2.38. The van der Waals surface area contributed by atoms with E-state index in [9.17, 15) is 15.0 Å². The van der Waals surface area contributed by atoms with Crippen LogP contribution in [0.3, 0.4) is 0 Å². The number of aliphatic hydroxyl groups is 1. The maximum absolute atomic E-state index is 11.4. The van der Waals surface area contributed by atoms with Crippen LogP contribution in [0.25, 0.3) is 0 Å². The third-order valence-corrected chi connectivity index (χ3v) is 3.36. The summed E-state index contributed by atoms with van der Waals surface area (Å²) in [4.78, 5) is 12.9. The fourth-order valence-corrected chi connectivity index (χ4v) is 2.67. The Labute approximate surface area is 97.3 Å². The van der Waals surface area contributed by atoms with Gasteiger partial charge < -0.3 is 15.1 Å². The molecule has 1 rings (SSSR count). The van der Waals surface area contributed by atoms with Crippen molar-refractivity contribution in [1.29, 1.82) is 0 Å².